The Kier molecular flexibility index (Phi) is 5.49. The zero-order chi connectivity index (χ0) is 18.7. The molecule has 0 saturated carbocycles. The van der Waals surface area contributed by atoms with Gasteiger partial charge in [-0.2, -0.15) is 0 Å². The van der Waals surface area contributed by atoms with Crippen LogP contribution in [-0.2, 0) is 4.79 Å². The standard InChI is InChI=1S/C19H19N3O2S2/c1-12-6-4-7-14(13(12)2)20-17(23)10-22(3)19(24)15-11-26-18(21-15)16-8-5-9-25-16/h4-9,11H,10H2,1-3H3,(H,20,23). The fourth-order valence-corrected chi connectivity index (χ4v) is 4.05. The van der Waals surface area contributed by atoms with Crippen molar-refractivity contribution in [1.29, 1.82) is 0 Å². The Morgan fingerprint density at radius 3 is 2.69 bits per heavy atom. The lowest BCUT2D eigenvalue weighted by molar-refractivity contribution is -0.116. The highest BCUT2D eigenvalue weighted by atomic mass is 32.1. The molecule has 3 rings (SSSR count). The summed E-state index contributed by atoms with van der Waals surface area (Å²) in [6.07, 6.45) is 0. The van der Waals surface area contributed by atoms with Gasteiger partial charge in [-0.25, -0.2) is 4.98 Å². The number of aromatic nitrogens is 1. The summed E-state index contributed by atoms with van der Waals surface area (Å²) in [6.45, 7) is 3.92. The molecule has 2 heterocycles. The number of carbonyl (C=O) groups excluding carboxylic acids is 2. The molecule has 2 aromatic heterocycles. The fourth-order valence-electron chi connectivity index (χ4n) is 2.44. The molecule has 0 radical (unpaired) electrons. The van der Waals surface area contributed by atoms with Gasteiger partial charge >= 0.3 is 0 Å². The zero-order valence-electron chi connectivity index (χ0n) is 14.8. The van der Waals surface area contributed by atoms with E-state index in [4.69, 9.17) is 0 Å². The van der Waals surface area contributed by atoms with Gasteiger partial charge in [0.2, 0.25) is 5.91 Å². The number of nitrogens with one attached hydrogen (secondary N) is 1. The molecule has 5 nitrogen and oxygen atoms in total. The van der Waals surface area contributed by atoms with Gasteiger partial charge in [0, 0.05) is 18.1 Å². The Bertz CT molecular complexity index is 932. The van der Waals surface area contributed by atoms with E-state index in [9.17, 15) is 9.59 Å². The van der Waals surface area contributed by atoms with Crippen LogP contribution in [0.25, 0.3) is 9.88 Å². The first-order valence-corrected chi connectivity index (χ1v) is 9.82. The first-order chi connectivity index (χ1) is 12.5. The summed E-state index contributed by atoms with van der Waals surface area (Å²) in [4.78, 5) is 31.6. The second-order valence-electron chi connectivity index (χ2n) is 5.97. The van der Waals surface area contributed by atoms with Crippen LogP contribution in [0.15, 0.2) is 41.1 Å². The molecular weight excluding hydrogens is 366 g/mol. The van der Waals surface area contributed by atoms with Gasteiger partial charge in [-0.3, -0.25) is 9.59 Å². The van der Waals surface area contributed by atoms with Gasteiger partial charge in [-0.05, 0) is 42.5 Å². The molecular formula is C19H19N3O2S2. The molecule has 0 aliphatic rings. The van der Waals surface area contributed by atoms with E-state index in [0.717, 1.165) is 26.7 Å². The maximum atomic E-state index is 12.5. The van der Waals surface area contributed by atoms with Crippen molar-refractivity contribution in [3.05, 3.63) is 57.9 Å². The normalized spacial score (nSPS) is 10.6. The molecule has 0 fully saturated rings. The second-order valence-corrected chi connectivity index (χ2v) is 7.78. The first kappa shape index (κ1) is 18.3. The molecule has 2 amide bonds. The molecule has 0 atom stereocenters. The number of aryl methyl sites for hydroxylation is 1. The Hall–Kier alpha value is -2.51. The average molecular weight is 386 g/mol. The minimum Gasteiger partial charge on any atom is -0.331 e. The number of nitrogens with zero attached hydrogens (tertiary/aromatic N) is 2. The topological polar surface area (TPSA) is 62.3 Å². The molecule has 0 saturated heterocycles. The number of rotatable bonds is 5. The number of hydrogen-bond acceptors (Lipinski definition) is 5. The summed E-state index contributed by atoms with van der Waals surface area (Å²) in [5, 5.41) is 7.39. The van der Waals surface area contributed by atoms with E-state index in [0.29, 0.717) is 5.69 Å². The first-order valence-electron chi connectivity index (χ1n) is 8.06. The van der Waals surface area contributed by atoms with Crippen molar-refractivity contribution in [2.24, 2.45) is 0 Å². The molecule has 26 heavy (non-hydrogen) atoms. The lowest BCUT2D eigenvalue weighted by Crippen LogP contribution is -2.35. The van der Waals surface area contributed by atoms with Crippen LogP contribution in [0.1, 0.15) is 21.6 Å². The molecule has 0 bridgehead atoms. The molecule has 0 spiro atoms. The number of thiophene rings is 1. The minimum absolute atomic E-state index is 0.0297. The van der Waals surface area contributed by atoms with Crippen LogP contribution >= 0.6 is 22.7 Å². The van der Waals surface area contributed by atoms with Crippen molar-refractivity contribution in [1.82, 2.24) is 9.88 Å². The summed E-state index contributed by atoms with van der Waals surface area (Å²) in [5.41, 5.74) is 3.26. The van der Waals surface area contributed by atoms with Gasteiger partial charge in [-0.1, -0.05) is 18.2 Å². The maximum absolute atomic E-state index is 12.5. The summed E-state index contributed by atoms with van der Waals surface area (Å²) < 4.78 is 0. The highest BCUT2D eigenvalue weighted by molar-refractivity contribution is 7.20. The molecule has 0 aliphatic carbocycles. The largest absolute Gasteiger partial charge is 0.331 e. The van der Waals surface area contributed by atoms with E-state index >= 15 is 0 Å². The Morgan fingerprint density at radius 2 is 1.96 bits per heavy atom. The Labute approximate surface area is 160 Å². The van der Waals surface area contributed by atoms with E-state index in [2.05, 4.69) is 10.3 Å². The Balaban J connectivity index is 1.64. The number of anilines is 1. The fraction of sp³-hybridized carbons (Fsp3) is 0.211. The van der Waals surface area contributed by atoms with Crippen molar-refractivity contribution in [3.63, 3.8) is 0 Å². The lowest BCUT2D eigenvalue weighted by atomic mass is 10.1. The molecule has 3 aromatic rings. The van der Waals surface area contributed by atoms with Gasteiger partial charge in [0.15, 0.2) is 0 Å². The SMILES string of the molecule is Cc1cccc(NC(=O)CN(C)C(=O)c2csc(-c3cccs3)n2)c1C. The number of thiazole rings is 1. The quantitative estimate of drug-likeness (QED) is 0.716. The Morgan fingerprint density at radius 1 is 1.15 bits per heavy atom. The van der Waals surface area contributed by atoms with Crippen LogP contribution in [0.2, 0.25) is 0 Å². The number of likely N-dealkylation sites (N-methyl/N-ethyl adjacent to an activating group) is 1. The van der Waals surface area contributed by atoms with Crippen molar-refractivity contribution in [2.75, 3.05) is 18.9 Å². The highest BCUT2D eigenvalue weighted by Gasteiger charge is 2.19. The third-order valence-corrected chi connectivity index (χ3v) is 5.94. The summed E-state index contributed by atoms with van der Waals surface area (Å²) in [5.74, 6) is -0.497. The van der Waals surface area contributed by atoms with Gasteiger partial charge in [0.25, 0.3) is 5.91 Å². The van der Waals surface area contributed by atoms with Crippen molar-refractivity contribution in [2.45, 2.75) is 13.8 Å². The maximum Gasteiger partial charge on any atom is 0.273 e. The number of amides is 2. The van der Waals surface area contributed by atoms with Gasteiger partial charge < -0.3 is 10.2 Å². The highest BCUT2D eigenvalue weighted by Crippen LogP contribution is 2.28. The minimum atomic E-state index is -0.264. The van der Waals surface area contributed by atoms with Gasteiger partial charge in [0.05, 0.1) is 11.4 Å². The van der Waals surface area contributed by atoms with E-state index < -0.39 is 0 Å². The van der Waals surface area contributed by atoms with Crippen LogP contribution in [0, 0.1) is 13.8 Å². The summed E-state index contributed by atoms with van der Waals surface area (Å²) in [6, 6.07) is 9.67. The predicted molar refractivity (Wildman–Crippen MR) is 107 cm³/mol. The van der Waals surface area contributed by atoms with E-state index in [1.165, 1.54) is 16.2 Å². The van der Waals surface area contributed by atoms with Gasteiger partial charge in [0.1, 0.15) is 10.7 Å². The van der Waals surface area contributed by atoms with Crippen molar-refractivity contribution < 1.29 is 9.59 Å². The van der Waals surface area contributed by atoms with Crippen LogP contribution in [0.5, 0.6) is 0 Å². The molecule has 0 aliphatic heterocycles. The lowest BCUT2D eigenvalue weighted by Gasteiger charge is -2.16. The monoisotopic (exact) mass is 385 g/mol. The summed E-state index contributed by atoms with van der Waals surface area (Å²) >= 11 is 3.01. The molecule has 1 N–H and O–H groups in total. The van der Waals surface area contributed by atoms with Crippen LogP contribution in [-0.4, -0.2) is 35.3 Å². The third-order valence-electron chi connectivity index (χ3n) is 4.06. The van der Waals surface area contributed by atoms with Crippen molar-refractivity contribution in [3.8, 4) is 9.88 Å². The van der Waals surface area contributed by atoms with Crippen LogP contribution in [0.4, 0.5) is 5.69 Å². The average Bonchev–Trinajstić information content (AvgIpc) is 3.29. The number of hydrogen-bond donors (Lipinski definition) is 1. The zero-order valence-corrected chi connectivity index (χ0v) is 16.4. The van der Waals surface area contributed by atoms with E-state index in [1.54, 1.807) is 23.8 Å². The van der Waals surface area contributed by atoms with Crippen LogP contribution < -0.4 is 5.32 Å². The molecule has 134 valence electrons. The van der Waals surface area contributed by atoms with Gasteiger partial charge in [-0.15, -0.1) is 22.7 Å². The summed E-state index contributed by atoms with van der Waals surface area (Å²) in [7, 11) is 1.61. The molecule has 0 unspecified atom stereocenters. The predicted octanol–water partition coefficient (Wildman–Crippen LogP) is 4.20. The number of carbonyl (C=O) groups is 2. The smallest absolute Gasteiger partial charge is 0.273 e. The third kappa shape index (κ3) is 4.00. The van der Waals surface area contributed by atoms with E-state index in [-0.39, 0.29) is 18.4 Å². The van der Waals surface area contributed by atoms with E-state index in [1.807, 2.05) is 49.6 Å². The number of benzene rings is 1. The molecule has 7 heteroatoms. The van der Waals surface area contributed by atoms with Crippen LogP contribution in [0.3, 0.4) is 0 Å². The second kappa shape index (κ2) is 7.80. The van der Waals surface area contributed by atoms with Crippen molar-refractivity contribution >= 4 is 40.2 Å². The molecule has 1 aromatic carbocycles.